The Labute approximate surface area is 103 Å². The Bertz CT molecular complexity index is 358. The highest BCUT2D eigenvalue weighted by Crippen LogP contribution is 2.21. The van der Waals surface area contributed by atoms with Gasteiger partial charge in [-0.3, -0.25) is 4.79 Å². The second-order valence-corrected chi connectivity index (χ2v) is 4.88. The highest BCUT2D eigenvalue weighted by molar-refractivity contribution is 5.81. The first-order valence-electron chi connectivity index (χ1n) is 6.44. The Morgan fingerprint density at radius 1 is 1.35 bits per heavy atom. The third-order valence-corrected chi connectivity index (χ3v) is 3.39. The molecule has 0 spiro atoms. The van der Waals surface area contributed by atoms with Gasteiger partial charge < -0.3 is 4.74 Å². The fourth-order valence-electron chi connectivity index (χ4n) is 2.36. The molecule has 0 radical (unpaired) electrons. The molecule has 1 saturated heterocycles. The highest BCUT2D eigenvalue weighted by atomic mass is 16.5. The molecule has 1 aliphatic rings. The first-order chi connectivity index (χ1) is 8.25. The van der Waals surface area contributed by atoms with Gasteiger partial charge in [-0.15, -0.1) is 0 Å². The Balaban J connectivity index is 1.70. The predicted octanol–water partition coefficient (Wildman–Crippen LogP) is 3.00. The minimum Gasteiger partial charge on any atom is -0.378 e. The number of hydrogen-bond acceptors (Lipinski definition) is 2. The number of aryl methyl sites for hydroxylation is 1. The van der Waals surface area contributed by atoms with Crippen molar-refractivity contribution >= 4 is 5.78 Å². The van der Waals surface area contributed by atoms with Crippen LogP contribution < -0.4 is 0 Å². The van der Waals surface area contributed by atoms with Gasteiger partial charge in [-0.1, -0.05) is 30.3 Å². The Morgan fingerprint density at radius 2 is 2.12 bits per heavy atom. The molecular formula is C15H20O2. The van der Waals surface area contributed by atoms with Crippen LogP contribution in [-0.2, 0) is 16.0 Å². The second-order valence-electron chi connectivity index (χ2n) is 4.88. The summed E-state index contributed by atoms with van der Waals surface area (Å²) in [5.41, 5.74) is 1.32. The SMILES string of the molecule is CC1CC(C(=O)CCCc2ccccc2)CO1. The Kier molecular flexibility index (Phi) is 4.32. The Morgan fingerprint density at radius 3 is 2.76 bits per heavy atom. The van der Waals surface area contributed by atoms with Crippen LogP contribution in [0.4, 0.5) is 0 Å². The van der Waals surface area contributed by atoms with Gasteiger partial charge in [0.2, 0.25) is 0 Å². The van der Waals surface area contributed by atoms with Gasteiger partial charge in [0, 0.05) is 12.3 Å². The van der Waals surface area contributed by atoms with E-state index in [0.29, 0.717) is 18.8 Å². The van der Waals surface area contributed by atoms with Gasteiger partial charge in [-0.2, -0.15) is 0 Å². The highest BCUT2D eigenvalue weighted by Gasteiger charge is 2.27. The smallest absolute Gasteiger partial charge is 0.138 e. The lowest BCUT2D eigenvalue weighted by Crippen LogP contribution is -2.14. The molecule has 0 bridgehead atoms. The van der Waals surface area contributed by atoms with Gasteiger partial charge in [0.15, 0.2) is 0 Å². The van der Waals surface area contributed by atoms with E-state index in [-0.39, 0.29) is 12.0 Å². The van der Waals surface area contributed by atoms with Crippen LogP contribution in [0.3, 0.4) is 0 Å². The first-order valence-corrected chi connectivity index (χ1v) is 6.44. The predicted molar refractivity (Wildman–Crippen MR) is 67.9 cm³/mol. The lowest BCUT2D eigenvalue weighted by Gasteiger charge is -2.06. The summed E-state index contributed by atoms with van der Waals surface area (Å²) in [6.07, 6.45) is 3.81. The molecular weight excluding hydrogens is 212 g/mol. The number of benzene rings is 1. The van der Waals surface area contributed by atoms with Crippen molar-refractivity contribution < 1.29 is 9.53 Å². The van der Waals surface area contributed by atoms with Crippen LogP contribution >= 0.6 is 0 Å². The minimum atomic E-state index is 0.153. The van der Waals surface area contributed by atoms with Crippen molar-refractivity contribution in [2.75, 3.05) is 6.61 Å². The van der Waals surface area contributed by atoms with E-state index in [9.17, 15) is 4.79 Å². The second kappa shape index (κ2) is 5.97. The molecule has 0 aliphatic carbocycles. The van der Waals surface area contributed by atoms with Gasteiger partial charge in [-0.25, -0.2) is 0 Å². The summed E-state index contributed by atoms with van der Waals surface area (Å²) in [5, 5.41) is 0. The molecule has 2 heteroatoms. The Hall–Kier alpha value is -1.15. The number of Topliss-reactive ketones (excluding diaryl/α,β-unsaturated/α-hetero) is 1. The van der Waals surface area contributed by atoms with Crippen LogP contribution in [0.15, 0.2) is 30.3 Å². The summed E-state index contributed by atoms with van der Waals surface area (Å²) in [6, 6.07) is 10.3. The zero-order valence-corrected chi connectivity index (χ0v) is 10.4. The molecule has 2 unspecified atom stereocenters. The van der Waals surface area contributed by atoms with E-state index in [1.165, 1.54) is 5.56 Å². The van der Waals surface area contributed by atoms with E-state index in [4.69, 9.17) is 4.74 Å². The molecule has 2 nitrogen and oxygen atoms in total. The van der Waals surface area contributed by atoms with Crippen molar-refractivity contribution in [1.29, 1.82) is 0 Å². The molecule has 0 aromatic heterocycles. The van der Waals surface area contributed by atoms with Gasteiger partial charge in [0.05, 0.1) is 12.7 Å². The molecule has 1 heterocycles. The van der Waals surface area contributed by atoms with E-state index in [1.54, 1.807) is 0 Å². The topological polar surface area (TPSA) is 26.3 Å². The number of ketones is 1. The normalized spacial score (nSPS) is 23.8. The third-order valence-electron chi connectivity index (χ3n) is 3.39. The lowest BCUT2D eigenvalue weighted by molar-refractivity contribution is -0.122. The van der Waals surface area contributed by atoms with Crippen molar-refractivity contribution in [3.63, 3.8) is 0 Å². The number of hydrogen-bond donors (Lipinski definition) is 0. The molecule has 2 rings (SSSR count). The average molecular weight is 232 g/mol. The zero-order chi connectivity index (χ0) is 12.1. The van der Waals surface area contributed by atoms with Crippen LogP contribution in [0.1, 0.15) is 31.7 Å². The number of carbonyl (C=O) groups is 1. The van der Waals surface area contributed by atoms with Crippen molar-refractivity contribution in [2.24, 2.45) is 5.92 Å². The molecule has 17 heavy (non-hydrogen) atoms. The molecule has 0 amide bonds. The van der Waals surface area contributed by atoms with Gasteiger partial charge in [0.1, 0.15) is 5.78 Å². The number of carbonyl (C=O) groups excluding carboxylic acids is 1. The summed E-state index contributed by atoms with van der Waals surface area (Å²) < 4.78 is 5.43. The standard InChI is InChI=1S/C15H20O2/c1-12-10-14(11-17-12)15(16)9-5-8-13-6-3-2-4-7-13/h2-4,6-7,12,14H,5,8-11H2,1H3. The summed E-state index contributed by atoms with van der Waals surface area (Å²) in [7, 11) is 0. The van der Waals surface area contributed by atoms with Crippen LogP contribution in [-0.4, -0.2) is 18.5 Å². The molecule has 0 saturated carbocycles. The molecule has 1 aliphatic heterocycles. The molecule has 1 fully saturated rings. The summed E-state index contributed by atoms with van der Waals surface area (Å²) in [5.74, 6) is 0.533. The fourth-order valence-corrected chi connectivity index (χ4v) is 2.36. The number of rotatable bonds is 5. The van der Waals surface area contributed by atoms with E-state index < -0.39 is 0 Å². The maximum Gasteiger partial charge on any atom is 0.138 e. The lowest BCUT2D eigenvalue weighted by atomic mass is 9.96. The quantitative estimate of drug-likeness (QED) is 0.780. The third kappa shape index (κ3) is 3.67. The maximum atomic E-state index is 11.9. The van der Waals surface area contributed by atoms with E-state index in [2.05, 4.69) is 12.1 Å². The summed E-state index contributed by atoms with van der Waals surface area (Å²) in [6.45, 7) is 2.67. The average Bonchev–Trinajstić information content (AvgIpc) is 2.77. The van der Waals surface area contributed by atoms with Gasteiger partial charge in [0.25, 0.3) is 0 Å². The van der Waals surface area contributed by atoms with Gasteiger partial charge in [-0.05, 0) is 31.7 Å². The van der Waals surface area contributed by atoms with Crippen molar-refractivity contribution in [3.05, 3.63) is 35.9 Å². The minimum absolute atomic E-state index is 0.153. The van der Waals surface area contributed by atoms with E-state index in [1.807, 2.05) is 25.1 Å². The zero-order valence-electron chi connectivity index (χ0n) is 10.4. The maximum absolute atomic E-state index is 11.9. The fraction of sp³-hybridized carbons (Fsp3) is 0.533. The number of ether oxygens (including phenoxy) is 1. The van der Waals surface area contributed by atoms with Crippen molar-refractivity contribution in [3.8, 4) is 0 Å². The van der Waals surface area contributed by atoms with Crippen LogP contribution in [0.25, 0.3) is 0 Å². The van der Waals surface area contributed by atoms with Crippen molar-refractivity contribution in [2.45, 2.75) is 38.7 Å². The van der Waals surface area contributed by atoms with Crippen LogP contribution in [0.5, 0.6) is 0 Å². The van der Waals surface area contributed by atoms with Crippen LogP contribution in [0, 0.1) is 5.92 Å². The largest absolute Gasteiger partial charge is 0.378 e. The molecule has 0 N–H and O–H groups in total. The van der Waals surface area contributed by atoms with Crippen LogP contribution in [0.2, 0.25) is 0 Å². The van der Waals surface area contributed by atoms with Crippen molar-refractivity contribution in [1.82, 2.24) is 0 Å². The first kappa shape index (κ1) is 12.3. The van der Waals surface area contributed by atoms with E-state index in [0.717, 1.165) is 19.3 Å². The monoisotopic (exact) mass is 232 g/mol. The molecule has 2 atom stereocenters. The summed E-state index contributed by atoms with van der Waals surface area (Å²) >= 11 is 0. The summed E-state index contributed by atoms with van der Waals surface area (Å²) in [4.78, 5) is 11.9. The van der Waals surface area contributed by atoms with E-state index >= 15 is 0 Å². The van der Waals surface area contributed by atoms with Gasteiger partial charge >= 0.3 is 0 Å². The molecule has 1 aromatic carbocycles. The molecule has 92 valence electrons. The molecule has 1 aromatic rings.